The molecule has 0 aromatic heterocycles. The van der Waals surface area contributed by atoms with Crippen LogP contribution in [-0.2, 0) is 4.74 Å². The van der Waals surface area contributed by atoms with Gasteiger partial charge in [-0.2, -0.15) is 0 Å². The summed E-state index contributed by atoms with van der Waals surface area (Å²) in [6.07, 6.45) is 0. The molecule has 0 amide bonds. The van der Waals surface area contributed by atoms with Gasteiger partial charge in [-0.25, -0.2) is 4.79 Å². The standard InChI is InChI=1S/C20H24N4O2/c1-3-26-20(25)17-8-10-18(11-9-17)21-22-24-14-12-23(13-15-24)19-7-5-4-6-16(19)2/h4-11H,3,12-15H2,1-2H3. The van der Waals surface area contributed by atoms with Gasteiger partial charge in [0, 0.05) is 18.8 Å². The van der Waals surface area contributed by atoms with Gasteiger partial charge >= 0.3 is 5.97 Å². The predicted octanol–water partition coefficient (Wildman–Crippen LogP) is 3.99. The number of hydrogen-bond acceptors (Lipinski definition) is 5. The Balaban J connectivity index is 1.54. The molecule has 2 aromatic carbocycles. The lowest BCUT2D eigenvalue weighted by Gasteiger charge is -2.34. The highest BCUT2D eigenvalue weighted by Crippen LogP contribution is 2.21. The summed E-state index contributed by atoms with van der Waals surface area (Å²) in [5, 5.41) is 10.6. The average molecular weight is 352 g/mol. The van der Waals surface area contributed by atoms with Crippen LogP contribution in [0, 0.1) is 6.92 Å². The quantitative estimate of drug-likeness (QED) is 0.603. The second-order valence-corrected chi connectivity index (χ2v) is 6.18. The first kappa shape index (κ1) is 17.9. The van der Waals surface area contributed by atoms with E-state index in [0.717, 1.165) is 31.9 Å². The Morgan fingerprint density at radius 1 is 1.04 bits per heavy atom. The number of carbonyl (C=O) groups is 1. The lowest BCUT2D eigenvalue weighted by Crippen LogP contribution is -2.44. The summed E-state index contributed by atoms with van der Waals surface area (Å²) in [7, 11) is 0. The zero-order valence-corrected chi connectivity index (χ0v) is 15.3. The molecule has 3 rings (SSSR count). The van der Waals surface area contributed by atoms with E-state index >= 15 is 0 Å². The third kappa shape index (κ3) is 4.39. The molecule has 0 saturated carbocycles. The zero-order chi connectivity index (χ0) is 18.4. The van der Waals surface area contributed by atoms with Crippen molar-refractivity contribution >= 4 is 17.3 Å². The molecule has 0 N–H and O–H groups in total. The molecule has 0 spiro atoms. The maximum atomic E-state index is 11.6. The molecule has 1 aliphatic heterocycles. The Kier molecular flexibility index (Phi) is 5.84. The Hall–Kier alpha value is -2.89. The average Bonchev–Trinajstić information content (AvgIpc) is 2.68. The van der Waals surface area contributed by atoms with Gasteiger partial charge in [-0.3, -0.25) is 5.01 Å². The minimum atomic E-state index is -0.316. The molecule has 0 atom stereocenters. The number of piperazine rings is 1. The summed E-state index contributed by atoms with van der Waals surface area (Å²) in [5.41, 5.74) is 3.83. The Morgan fingerprint density at radius 2 is 1.73 bits per heavy atom. The van der Waals surface area contributed by atoms with Crippen LogP contribution in [0.15, 0.2) is 58.9 Å². The molecule has 1 heterocycles. The van der Waals surface area contributed by atoms with Gasteiger partial charge in [0.05, 0.1) is 30.9 Å². The number of ether oxygens (including phenoxy) is 1. The number of rotatable bonds is 5. The van der Waals surface area contributed by atoms with Gasteiger partial charge < -0.3 is 9.64 Å². The van der Waals surface area contributed by atoms with E-state index in [2.05, 4.69) is 46.4 Å². The van der Waals surface area contributed by atoms with Gasteiger partial charge in [-0.15, -0.1) is 5.11 Å². The number of para-hydroxylation sites is 1. The largest absolute Gasteiger partial charge is 0.462 e. The van der Waals surface area contributed by atoms with Gasteiger partial charge in [0.15, 0.2) is 0 Å². The summed E-state index contributed by atoms with van der Waals surface area (Å²) < 4.78 is 4.97. The number of nitrogens with zero attached hydrogens (tertiary/aromatic N) is 4. The molecular formula is C20H24N4O2. The molecular weight excluding hydrogens is 328 g/mol. The van der Waals surface area contributed by atoms with Gasteiger partial charge in [-0.1, -0.05) is 23.4 Å². The third-order valence-corrected chi connectivity index (χ3v) is 4.38. The van der Waals surface area contributed by atoms with Crippen molar-refractivity contribution in [3.63, 3.8) is 0 Å². The molecule has 6 heteroatoms. The molecule has 1 aliphatic rings. The summed E-state index contributed by atoms with van der Waals surface area (Å²) in [5.74, 6) is -0.316. The van der Waals surface area contributed by atoms with Crippen LogP contribution in [-0.4, -0.2) is 43.8 Å². The fourth-order valence-electron chi connectivity index (χ4n) is 2.94. The van der Waals surface area contributed by atoms with E-state index in [9.17, 15) is 4.79 Å². The second-order valence-electron chi connectivity index (χ2n) is 6.18. The minimum absolute atomic E-state index is 0.316. The van der Waals surface area contributed by atoms with Crippen molar-refractivity contribution in [1.29, 1.82) is 0 Å². The van der Waals surface area contributed by atoms with Crippen molar-refractivity contribution in [3.8, 4) is 0 Å². The lowest BCUT2D eigenvalue weighted by atomic mass is 10.1. The van der Waals surface area contributed by atoms with E-state index in [-0.39, 0.29) is 5.97 Å². The molecule has 0 unspecified atom stereocenters. The van der Waals surface area contributed by atoms with Crippen molar-refractivity contribution in [2.45, 2.75) is 13.8 Å². The van der Waals surface area contributed by atoms with E-state index < -0.39 is 0 Å². The van der Waals surface area contributed by atoms with Crippen LogP contribution in [0.1, 0.15) is 22.8 Å². The second kappa shape index (κ2) is 8.47. The Morgan fingerprint density at radius 3 is 2.38 bits per heavy atom. The van der Waals surface area contributed by atoms with Gasteiger partial charge in [-0.05, 0) is 49.7 Å². The van der Waals surface area contributed by atoms with Gasteiger partial charge in [0.1, 0.15) is 0 Å². The van der Waals surface area contributed by atoms with Crippen molar-refractivity contribution in [2.75, 3.05) is 37.7 Å². The smallest absolute Gasteiger partial charge is 0.338 e. The fraction of sp³-hybridized carbons (Fsp3) is 0.350. The topological polar surface area (TPSA) is 57.5 Å². The lowest BCUT2D eigenvalue weighted by molar-refractivity contribution is 0.0526. The van der Waals surface area contributed by atoms with Crippen LogP contribution >= 0.6 is 0 Å². The van der Waals surface area contributed by atoms with E-state index in [1.165, 1.54) is 11.3 Å². The number of aryl methyl sites for hydroxylation is 1. The number of anilines is 1. The maximum absolute atomic E-state index is 11.6. The molecule has 0 bridgehead atoms. The summed E-state index contributed by atoms with van der Waals surface area (Å²) in [4.78, 5) is 14.0. The van der Waals surface area contributed by atoms with E-state index in [1.54, 1.807) is 31.2 Å². The fourth-order valence-corrected chi connectivity index (χ4v) is 2.94. The van der Waals surface area contributed by atoms with E-state index in [4.69, 9.17) is 4.74 Å². The first-order valence-corrected chi connectivity index (χ1v) is 8.91. The molecule has 1 fully saturated rings. The predicted molar refractivity (Wildman–Crippen MR) is 102 cm³/mol. The normalized spacial score (nSPS) is 14.7. The Labute approximate surface area is 154 Å². The highest BCUT2D eigenvalue weighted by Gasteiger charge is 2.17. The van der Waals surface area contributed by atoms with Crippen LogP contribution in [0.3, 0.4) is 0 Å². The van der Waals surface area contributed by atoms with Crippen molar-refractivity contribution in [2.24, 2.45) is 10.3 Å². The Bertz CT molecular complexity index is 766. The highest BCUT2D eigenvalue weighted by molar-refractivity contribution is 5.89. The number of esters is 1. The summed E-state index contributed by atoms with van der Waals surface area (Å²) in [6, 6.07) is 15.4. The number of hydrogen-bond donors (Lipinski definition) is 0. The molecule has 2 aromatic rings. The highest BCUT2D eigenvalue weighted by atomic mass is 16.5. The molecule has 1 saturated heterocycles. The molecule has 136 valence electrons. The van der Waals surface area contributed by atoms with Crippen molar-refractivity contribution in [1.82, 2.24) is 5.01 Å². The van der Waals surface area contributed by atoms with Crippen LogP contribution in [0.5, 0.6) is 0 Å². The number of benzene rings is 2. The SMILES string of the molecule is CCOC(=O)c1ccc(N=NN2CCN(c3ccccc3C)CC2)cc1. The van der Waals surface area contributed by atoms with Crippen molar-refractivity contribution < 1.29 is 9.53 Å². The molecule has 26 heavy (non-hydrogen) atoms. The van der Waals surface area contributed by atoms with Crippen LogP contribution in [0.25, 0.3) is 0 Å². The third-order valence-electron chi connectivity index (χ3n) is 4.38. The number of carbonyl (C=O) groups excluding carboxylic acids is 1. The van der Waals surface area contributed by atoms with Crippen LogP contribution < -0.4 is 4.90 Å². The first-order chi connectivity index (χ1) is 12.7. The maximum Gasteiger partial charge on any atom is 0.338 e. The molecule has 0 aliphatic carbocycles. The van der Waals surface area contributed by atoms with E-state index in [0.29, 0.717) is 12.2 Å². The summed E-state index contributed by atoms with van der Waals surface area (Å²) in [6.45, 7) is 7.81. The first-order valence-electron chi connectivity index (χ1n) is 8.91. The zero-order valence-electron chi connectivity index (χ0n) is 15.3. The van der Waals surface area contributed by atoms with Gasteiger partial charge in [0.25, 0.3) is 0 Å². The molecule has 0 radical (unpaired) electrons. The van der Waals surface area contributed by atoms with Crippen LogP contribution in [0.4, 0.5) is 11.4 Å². The van der Waals surface area contributed by atoms with Crippen LogP contribution in [0.2, 0.25) is 0 Å². The van der Waals surface area contributed by atoms with Gasteiger partial charge in [0.2, 0.25) is 0 Å². The van der Waals surface area contributed by atoms with E-state index in [1.807, 2.05) is 5.01 Å². The monoisotopic (exact) mass is 352 g/mol. The molecule has 6 nitrogen and oxygen atoms in total. The minimum Gasteiger partial charge on any atom is -0.462 e. The van der Waals surface area contributed by atoms with Crippen molar-refractivity contribution in [3.05, 3.63) is 59.7 Å². The summed E-state index contributed by atoms with van der Waals surface area (Å²) >= 11 is 0.